The van der Waals surface area contributed by atoms with Crippen molar-refractivity contribution in [2.75, 3.05) is 24.7 Å². The van der Waals surface area contributed by atoms with Gasteiger partial charge in [0.05, 0.1) is 18.0 Å². The number of nitrogens with zero attached hydrogens (tertiary/aromatic N) is 2. The van der Waals surface area contributed by atoms with E-state index in [1.807, 2.05) is 85.8 Å². The van der Waals surface area contributed by atoms with Crippen molar-refractivity contribution >= 4 is 34.1 Å². The van der Waals surface area contributed by atoms with E-state index in [0.717, 1.165) is 27.7 Å². The Bertz CT molecular complexity index is 1360. The number of fused-ring (bicyclic) bond motifs is 2. The minimum atomic E-state index is -1.10. The van der Waals surface area contributed by atoms with Gasteiger partial charge in [-0.25, -0.2) is 4.99 Å². The molecule has 2 amide bonds. The van der Waals surface area contributed by atoms with Gasteiger partial charge >= 0.3 is 0 Å². The number of benzodiazepines with no additional fused rings is 1. The predicted molar refractivity (Wildman–Crippen MR) is 137 cm³/mol. The minimum Gasteiger partial charge on any atom is -0.380 e. The molecule has 1 aromatic heterocycles. The molecule has 5 rings (SSSR count). The number of aromatic amines is 1. The Hall–Kier alpha value is -4.23. The number of para-hydroxylation sites is 2. The first-order valence-electron chi connectivity index (χ1n) is 11.7. The second-order valence-electron chi connectivity index (χ2n) is 8.19. The third-order valence-electron chi connectivity index (χ3n) is 5.96. The van der Waals surface area contributed by atoms with Crippen LogP contribution in [0.3, 0.4) is 0 Å². The van der Waals surface area contributed by atoms with E-state index < -0.39 is 12.1 Å². The van der Waals surface area contributed by atoms with E-state index in [9.17, 15) is 9.59 Å². The topological polar surface area (TPSA) is 86.8 Å². The largest absolute Gasteiger partial charge is 0.380 e. The highest BCUT2D eigenvalue weighted by Gasteiger charge is 2.33. The summed E-state index contributed by atoms with van der Waals surface area (Å²) in [6.07, 6.45) is -1.10. The molecule has 0 spiro atoms. The molecule has 0 saturated heterocycles. The van der Waals surface area contributed by atoms with Gasteiger partial charge in [0.25, 0.3) is 11.8 Å². The molecular weight excluding hydrogens is 440 g/mol. The van der Waals surface area contributed by atoms with Crippen molar-refractivity contribution in [3.8, 4) is 0 Å². The van der Waals surface area contributed by atoms with Gasteiger partial charge in [-0.3, -0.25) is 9.59 Å². The summed E-state index contributed by atoms with van der Waals surface area (Å²) < 4.78 is 5.55. The normalized spacial score (nSPS) is 15.5. The maximum Gasteiger partial charge on any atom is 0.272 e. The molecule has 176 valence electrons. The Kier molecular flexibility index (Phi) is 6.41. The van der Waals surface area contributed by atoms with Crippen LogP contribution in [0.5, 0.6) is 0 Å². The SMILES string of the molecule is CCOCCN1C(=O)[C@@H](NC(=O)c2cc3ccccc3[nH]2)N=C(c2ccccc2)c2ccccc21. The third-order valence-corrected chi connectivity index (χ3v) is 5.96. The highest BCUT2D eigenvalue weighted by atomic mass is 16.5. The van der Waals surface area contributed by atoms with Gasteiger partial charge in [0.15, 0.2) is 0 Å². The molecule has 1 aliphatic rings. The number of nitrogens with one attached hydrogen (secondary N) is 2. The van der Waals surface area contributed by atoms with Gasteiger partial charge in [-0.1, -0.05) is 66.7 Å². The van der Waals surface area contributed by atoms with Gasteiger partial charge in [-0.2, -0.15) is 0 Å². The number of amides is 2. The summed E-state index contributed by atoms with van der Waals surface area (Å²) in [6.45, 7) is 3.19. The summed E-state index contributed by atoms with van der Waals surface area (Å²) in [5.74, 6) is -0.709. The summed E-state index contributed by atoms with van der Waals surface area (Å²) >= 11 is 0. The lowest BCUT2D eigenvalue weighted by atomic mass is 10.0. The van der Waals surface area contributed by atoms with E-state index in [2.05, 4.69) is 10.3 Å². The number of hydrogen-bond donors (Lipinski definition) is 2. The lowest BCUT2D eigenvalue weighted by molar-refractivity contribution is -0.120. The molecule has 2 heterocycles. The van der Waals surface area contributed by atoms with Gasteiger partial charge < -0.3 is 19.9 Å². The van der Waals surface area contributed by atoms with E-state index in [1.54, 1.807) is 11.0 Å². The Morgan fingerprint density at radius 3 is 2.57 bits per heavy atom. The van der Waals surface area contributed by atoms with E-state index in [-0.39, 0.29) is 5.91 Å². The summed E-state index contributed by atoms with van der Waals surface area (Å²) in [5.41, 5.74) is 4.30. The monoisotopic (exact) mass is 466 g/mol. The number of carbonyl (C=O) groups excluding carboxylic acids is 2. The fourth-order valence-electron chi connectivity index (χ4n) is 4.28. The molecule has 0 saturated carbocycles. The zero-order valence-corrected chi connectivity index (χ0v) is 19.4. The van der Waals surface area contributed by atoms with Crippen LogP contribution in [-0.2, 0) is 9.53 Å². The van der Waals surface area contributed by atoms with Gasteiger partial charge in [-0.15, -0.1) is 0 Å². The van der Waals surface area contributed by atoms with Gasteiger partial charge in [0.1, 0.15) is 5.69 Å². The summed E-state index contributed by atoms with van der Waals surface area (Å²) in [7, 11) is 0. The highest BCUT2D eigenvalue weighted by Crippen LogP contribution is 2.28. The Morgan fingerprint density at radius 1 is 1.03 bits per heavy atom. The Labute approximate surface area is 203 Å². The van der Waals surface area contributed by atoms with Crippen molar-refractivity contribution in [2.24, 2.45) is 4.99 Å². The number of hydrogen-bond acceptors (Lipinski definition) is 4. The van der Waals surface area contributed by atoms with Crippen LogP contribution in [0.1, 0.15) is 28.5 Å². The van der Waals surface area contributed by atoms with Crippen molar-refractivity contribution in [3.05, 3.63) is 102 Å². The molecule has 35 heavy (non-hydrogen) atoms. The molecule has 3 aromatic carbocycles. The summed E-state index contributed by atoms with van der Waals surface area (Å²) in [6, 6.07) is 26.8. The first-order chi connectivity index (χ1) is 17.2. The number of benzene rings is 3. The van der Waals surface area contributed by atoms with Crippen LogP contribution >= 0.6 is 0 Å². The Balaban J connectivity index is 1.55. The molecule has 0 unspecified atom stereocenters. The van der Waals surface area contributed by atoms with Crippen LogP contribution in [0.4, 0.5) is 5.69 Å². The fourth-order valence-corrected chi connectivity index (χ4v) is 4.28. The van der Waals surface area contributed by atoms with Crippen molar-refractivity contribution < 1.29 is 14.3 Å². The Morgan fingerprint density at radius 2 is 1.77 bits per heavy atom. The van der Waals surface area contributed by atoms with Crippen LogP contribution < -0.4 is 10.2 Å². The fraction of sp³-hybridized carbons (Fsp3) is 0.179. The molecule has 2 N–H and O–H groups in total. The van der Waals surface area contributed by atoms with Crippen LogP contribution in [-0.4, -0.2) is 48.4 Å². The van der Waals surface area contributed by atoms with Crippen molar-refractivity contribution in [2.45, 2.75) is 13.1 Å². The number of aliphatic imine (C=N–C) groups is 1. The summed E-state index contributed by atoms with van der Waals surface area (Å²) in [5, 5.41) is 3.77. The lowest BCUT2D eigenvalue weighted by Crippen LogP contribution is -2.48. The van der Waals surface area contributed by atoms with E-state index in [1.165, 1.54) is 0 Å². The second-order valence-corrected chi connectivity index (χ2v) is 8.19. The van der Waals surface area contributed by atoms with Crippen molar-refractivity contribution in [1.82, 2.24) is 10.3 Å². The molecule has 4 aromatic rings. The average Bonchev–Trinajstić information content (AvgIpc) is 3.30. The molecule has 0 fully saturated rings. The van der Waals surface area contributed by atoms with Crippen LogP contribution in [0.25, 0.3) is 10.9 Å². The van der Waals surface area contributed by atoms with Crippen LogP contribution in [0, 0.1) is 0 Å². The van der Waals surface area contributed by atoms with Crippen molar-refractivity contribution in [3.63, 3.8) is 0 Å². The molecule has 1 atom stereocenters. The van der Waals surface area contributed by atoms with Gasteiger partial charge in [-0.05, 0) is 25.1 Å². The molecule has 0 bridgehead atoms. The van der Waals surface area contributed by atoms with E-state index in [4.69, 9.17) is 9.73 Å². The van der Waals surface area contributed by atoms with Crippen LogP contribution in [0.15, 0.2) is 89.9 Å². The molecule has 1 aliphatic heterocycles. The predicted octanol–water partition coefficient (Wildman–Crippen LogP) is 4.14. The zero-order chi connectivity index (χ0) is 24.2. The number of anilines is 1. The minimum absolute atomic E-state index is 0.312. The highest BCUT2D eigenvalue weighted by molar-refractivity contribution is 6.20. The van der Waals surface area contributed by atoms with Crippen molar-refractivity contribution in [1.29, 1.82) is 0 Å². The lowest BCUT2D eigenvalue weighted by Gasteiger charge is -2.25. The first kappa shape index (κ1) is 22.6. The first-order valence-corrected chi connectivity index (χ1v) is 11.7. The van der Waals surface area contributed by atoms with E-state index in [0.29, 0.717) is 31.2 Å². The standard InChI is InChI=1S/C28H26N4O3/c1-2-35-17-16-32-24-15-9-7-13-21(24)25(19-10-4-3-5-11-19)30-26(28(32)34)31-27(33)23-18-20-12-6-8-14-22(20)29-23/h3-15,18,26,29H,2,16-17H2,1H3,(H,31,33)/t26-/m1/s1. The summed E-state index contributed by atoms with van der Waals surface area (Å²) in [4.78, 5) is 36.6. The number of rotatable bonds is 7. The van der Waals surface area contributed by atoms with E-state index >= 15 is 0 Å². The third kappa shape index (κ3) is 4.58. The van der Waals surface area contributed by atoms with Gasteiger partial charge in [0, 0.05) is 35.2 Å². The number of H-pyrrole nitrogens is 1. The number of aromatic nitrogens is 1. The smallest absolute Gasteiger partial charge is 0.272 e. The van der Waals surface area contributed by atoms with Gasteiger partial charge in [0.2, 0.25) is 6.17 Å². The molecule has 0 radical (unpaired) electrons. The number of carbonyl (C=O) groups is 2. The molecular formula is C28H26N4O3. The molecule has 7 nitrogen and oxygen atoms in total. The second kappa shape index (κ2) is 9.95. The average molecular weight is 467 g/mol. The maximum absolute atomic E-state index is 13.8. The number of ether oxygens (including phenoxy) is 1. The maximum atomic E-state index is 13.8. The van der Waals surface area contributed by atoms with Crippen LogP contribution in [0.2, 0.25) is 0 Å². The molecule has 0 aliphatic carbocycles. The quantitative estimate of drug-likeness (QED) is 0.401. The zero-order valence-electron chi connectivity index (χ0n) is 19.4. The molecule has 7 heteroatoms.